The molecular formula is C13H16N2O5S. The Morgan fingerprint density at radius 2 is 1.81 bits per heavy atom. The summed E-state index contributed by atoms with van der Waals surface area (Å²) in [5.41, 5.74) is 0.578. The van der Waals surface area contributed by atoms with Crippen molar-refractivity contribution in [2.75, 3.05) is 13.1 Å². The topological polar surface area (TPSA) is 113 Å². The molecule has 114 valence electrons. The number of aliphatic carboxylic acids is 1. The van der Waals surface area contributed by atoms with Crippen LogP contribution in [0.4, 0.5) is 0 Å². The van der Waals surface area contributed by atoms with Gasteiger partial charge in [0.15, 0.2) is 0 Å². The largest absolute Gasteiger partial charge is 0.478 e. The van der Waals surface area contributed by atoms with Crippen molar-refractivity contribution in [2.24, 2.45) is 0 Å². The first-order valence-corrected chi connectivity index (χ1v) is 7.55. The zero-order valence-corrected chi connectivity index (χ0v) is 12.2. The van der Waals surface area contributed by atoms with Gasteiger partial charge in [0.2, 0.25) is 15.9 Å². The first-order chi connectivity index (χ1) is 9.81. The van der Waals surface area contributed by atoms with Crippen molar-refractivity contribution in [3.05, 3.63) is 35.9 Å². The molecule has 7 nitrogen and oxygen atoms in total. The highest BCUT2D eigenvalue weighted by atomic mass is 32.2. The number of hydrogen-bond donors (Lipinski definition) is 3. The summed E-state index contributed by atoms with van der Waals surface area (Å²) in [6, 6.07) is 5.76. The summed E-state index contributed by atoms with van der Waals surface area (Å²) in [5.74, 6) is -1.31. The van der Waals surface area contributed by atoms with Crippen LogP contribution in [0.3, 0.4) is 0 Å². The molecule has 0 atom stereocenters. The first-order valence-electron chi connectivity index (χ1n) is 6.06. The summed E-state index contributed by atoms with van der Waals surface area (Å²) < 4.78 is 26.2. The van der Waals surface area contributed by atoms with Crippen LogP contribution in [0.25, 0.3) is 6.08 Å². The van der Waals surface area contributed by atoms with Gasteiger partial charge >= 0.3 is 5.97 Å². The predicted octanol–water partition coefficient (Wildman–Crippen LogP) is 0.199. The number of carbonyl (C=O) groups excluding carboxylic acids is 1. The molecule has 0 saturated heterocycles. The quantitative estimate of drug-likeness (QED) is 0.492. The highest BCUT2D eigenvalue weighted by Gasteiger charge is 2.12. The normalized spacial score (nSPS) is 11.5. The van der Waals surface area contributed by atoms with Crippen molar-refractivity contribution in [1.82, 2.24) is 10.0 Å². The van der Waals surface area contributed by atoms with Gasteiger partial charge in [0.1, 0.15) is 0 Å². The SMILES string of the molecule is CC(=O)NCCNS(=O)(=O)c1ccc(/C=C/C(=O)O)cc1. The summed E-state index contributed by atoms with van der Waals surface area (Å²) in [6.07, 6.45) is 2.33. The molecule has 0 aliphatic heterocycles. The standard InChI is InChI=1S/C13H16N2O5S/c1-10(16)14-8-9-15-21(19,20)12-5-2-11(3-6-12)4-7-13(17)18/h2-7,15H,8-9H2,1H3,(H,14,16)(H,17,18)/b7-4+. The zero-order valence-electron chi connectivity index (χ0n) is 11.4. The number of rotatable bonds is 7. The number of carboxylic acid groups (broad SMARTS) is 1. The Bertz CT molecular complexity index is 635. The number of hydrogen-bond acceptors (Lipinski definition) is 4. The summed E-state index contributed by atoms with van der Waals surface area (Å²) in [6.45, 7) is 1.63. The molecule has 1 aromatic rings. The van der Waals surface area contributed by atoms with Crippen molar-refractivity contribution in [3.63, 3.8) is 0 Å². The molecule has 8 heteroatoms. The minimum atomic E-state index is -3.65. The summed E-state index contributed by atoms with van der Waals surface area (Å²) >= 11 is 0. The number of carboxylic acids is 1. The fraction of sp³-hybridized carbons (Fsp3) is 0.231. The fourth-order valence-electron chi connectivity index (χ4n) is 1.43. The van der Waals surface area contributed by atoms with Crippen LogP contribution in [0.2, 0.25) is 0 Å². The first kappa shape index (κ1) is 16.9. The molecule has 0 saturated carbocycles. The van der Waals surface area contributed by atoms with Gasteiger partial charge in [0.05, 0.1) is 4.90 Å². The molecule has 0 aromatic heterocycles. The zero-order chi connectivity index (χ0) is 15.9. The molecular weight excluding hydrogens is 296 g/mol. The van der Waals surface area contributed by atoms with E-state index in [9.17, 15) is 18.0 Å². The average Bonchev–Trinajstić information content (AvgIpc) is 2.41. The van der Waals surface area contributed by atoms with Crippen LogP contribution in [0.1, 0.15) is 12.5 Å². The Kier molecular flexibility index (Phi) is 6.07. The molecule has 1 rings (SSSR count). The van der Waals surface area contributed by atoms with Gasteiger partial charge in [-0.1, -0.05) is 12.1 Å². The minimum absolute atomic E-state index is 0.0674. The second-order valence-electron chi connectivity index (χ2n) is 4.12. The van der Waals surface area contributed by atoms with E-state index in [1.807, 2.05) is 0 Å². The minimum Gasteiger partial charge on any atom is -0.478 e. The molecule has 0 spiro atoms. The van der Waals surface area contributed by atoms with E-state index in [-0.39, 0.29) is 23.9 Å². The molecule has 0 aliphatic rings. The molecule has 21 heavy (non-hydrogen) atoms. The van der Waals surface area contributed by atoms with E-state index in [1.54, 1.807) is 0 Å². The Morgan fingerprint density at radius 3 is 2.33 bits per heavy atom. The van der Waals surface area contributed by atoms with E-state index in [0.29, 0.717) is 5.56 Å². The maximum Gasteiger partial charge on any atom is 0.328 e. The monoisotopic (exact) mass is 312 g/mol. The number of benzene rings is 1. The lowest BCUT2D eigenvalue weighted by Gasteiger charge is -2.07. The van der Waals surface area contributed by atoms with Gasteiger partial charge in [-0.05, 0) is 23.8 Å². The van der Waals surface area contributed by atoms with Crippen LogP contribution in [-0.4, -0.2) is 38.5 Å². The maximum absolute atomic E-state index is 11.9. The van der Waals surface area contributed by atoms with Gasteiger partial charge in [-0.2, -0.15) is 0 Å². The molecule has 0 bridgehead atoms. The van der Waals surface area contributed by atoms with Gasteiger partial charge in [-0.25, -0.2) is 17.9 Å². The van der Waals surface area contributed by atoms with Gasteiger partial charge in [0.25, 0.3) is 0 Å². The third-order valence-corrected chi connectivity index (χ3v) is 3.88. The molecule has 0 aliphatic carbocycles. The van der Waals surface area contributed by atoms with Crippen molar-refractivity contribution < 1.29 is 23.1 Å². The summed E-state index contributed by atoms with van der Waals surface area (Å²) in [7, 11) is -3.65. The third kappa shape index (κ3) is 6.19. The van der Waals surface area contributed by atoms with Crippen molar-refractivity contribution in [1.29, 1.82) is 0 Å². The van der Waals surface area contributed by atoms with Crippen molar-refractivity contribution >= 4 is 28.0 Å². The van der Waals surface area contributed by atoms with Crippen LogP contribution in [0.5, 0.6) is 0 Å². The fourth-order valence-corrected chi connectivity index (χ4v) is 2.46. The molecule has 1 amide bonds. The lowest BCUT2D eigenvalue weighted by atomic mass is 10.2. The van der Waals surface area contributed by atoms with Crippen LogP contribution in [0.15, 0.2) is 35.2 Å². The number of nitrogens with one attached hydrogen (secondary N) is 2. The van der Waals surface area contributed by atoms with E-state index >= 15 is 0 Å². The van der Waals surface area contributed by atoms with E-state index in [0.717, 1.165) is 6.08 Å². The van der Waals surface area contributed by atoms with Gasteiger partial charge in [-0.3, -0.25) is 4.79 Å². The van der Waals surface area contributed by atoms with Crippen LogP contribution in [0, 0.1) is 0 Å². The molecule has 0 radical (unpaired) electrons. The van der Waals surface area contributed by atoms with Crippen LogP contribution >= 0.6 is 0 Å². The second-order valence-corrected chi connectivity index (χ2v) is 5.89. The van der Waals surface area contributed by atoms with E-state index < -0.39 is 16.0 Å². The third-order valence-electron chi connectivity index (χ3n) is 2.40. The predicted molar refractivity (Wildman–Crippen MR) is 77.0 cm³/mol. The molecule has 3 N–H and O–H groups in total. The van der Waals surface area contributed by atoms with Gasteiger partial charge in [0, 0.05) is 26.1 Å². The van der Waals surface area contributed by atoms with Crippen LogP contribution < -0.4 is 10.0 Å². The average molecular weight is 312 g/mol. The molecule has 0 unspecified atom stereocenters. The summed E-state index contributed by atoms with van der Waals surface area (Å²) in [4.78, 5) is 21.1. The smallest absolute Gasteiger partial charge is 0.328 e. The van der Waals surface area contributed by atoms with Crippen molar-refractivity contribution in [3.8, 4) is 0 Å². The van der Waals surface area contributed by atoms with Crippen LogP contribution in [-0.2, 0) is 19.6 Å². The maximum atomic E-state index is 11.9. The Morgan fingerprint density at radius 1 is 1.19 bits per heavy atom. The van der Waals surface area contributed by atoms with E-state index in [2.05, 4.69) is 10.0 Å². The second kappa shape index (κ2) is 7.55. The molecule has 1 aromatic carbocycles. The van der Waals surface area contributed by atoms with Crippen molar-refractivity contribution in [2.45, 2.75) is 11.8 Å². The van der Waals surface area contributed by atoms with Gasteiger partial charge in [-0.15, -0.1) is 0 Å². The molecule has 0 heterocycles. The lowest BCUT2D eigenvalue weighted by molar-refractivity contribution is -0.131. The van der Waals surface area contributed by atoms with E-state index in [1.165, 1.54) is 37.3 Å². The Hall–Kier alpha value is -2.19. The lowest BCUT2D eigenvalue weighted by Crippen LogP contribution is -2.33. The number of carbonyl (C=O) groups is 2. The highest BCUT2D eigenvalue weighted by Crippen LogP contribution is 2.11. The Labute approximate surface area is 122 Å². The number of sulfonamides is 1. The van der Waals surface area contributed by atoms with Gasteiger partial charge < -0.3 is 10.4 Å². The highest BCUT2D eigenvalue weighted by molar-refractivity contribution is 7.89. The Balaban J connectivity index is 2.67. The summed E-state index contributed by atoms with van der Waals surface area (Å²) in [5, 5.41) is 11.0. The van der Waals surface area contributed by atoms with E-state index in [4.69, 9.17) is 5.11 Å². The number of amides is 1. The molecule has 0 fully saturated rings.